The average Bonchev–Trinajstić information content (AvgIpc) is 2.90. The van der Waals surface area contributed by atoms with Crippen LogP contribution in [0.5, 0.6) is 5.75 Å². The number of nitrogens with zero attached hydrogens (tertiary/aromatic N) is 2. The molecule has 0 saturated heterocycles. The molecule has 1 atom stereocenters. The van der Waals surface area contributed by atoms with E-state index in [2.05, 4.69) is 9.88 Å². The number of carbonyl (C=O) groups is 1. The van der Waals surface area contributed by atoms with Gasteiger partial charge in [-0.1, -0.05) is 23.2 Å². The van der Waals surface area contributed by atoms with Crippen molar-refractivity contribution in [2.75, 3.05) is 6.61 Å². The Bertz CT molecular complexity index is 823. The van der Waals surface area contributed by atoms with Crippen LogP contribution >= 0.6 is 23.2 Å². The van der Waals surface area contributed by atoms with E-state index in [1.807, 2.05) is 12.1 Å². The van der Waals surface area contributed by atoms with Crippen molar-refractivity contribution >= 4 is 40.0 Å². The highest BCUT2D eigenvalue weighted by atomic mass is 35.5. The molecule has 1 aromatic heterocycles. The van der Waals surface area contributed by atoms with Crippen LogP contribution in [-0.4, -0.2) is 17.1 Å². The van der Waals surface area contributed by atoms with Crippen molar-refractivity contribution in [1.29, 1.82) is 5.26 Å². The highest BCUT2D eigenvalue weighted by Gasteiger charge is 2.26. The topological polar surface area (TPSA) is 67.1 Å². The number of fused-ring (bicyclic) bond motifs is 3. The Morgan fingerprint density at radius 1 is 1.52 bits per heavy atom. The molecule has 7 heteroatoms. The lowest BCUT2D eigenvalue weighted by Crippen LogP contribution is -2.30. The number of rotatable bonds is 3. The highest BCUT2D eigenvalue weighted by Crippen LogP contribution is 2.42. The summed E-state index contributed by atoms with van der Waals surface area (Å²) in [6.45, 7) is 2.24. The first-order valence-corrected chi connectivity index (χ1v) is 8.06. The maximum absolute atomic E-state index is 11.4. The van der Waals surface area contributed by atoms with Gasteiger partial charge in [-0.3, -0.25) is 4.79 Å². The molecule has 0 radical (unpaired) electrons. The molecule has 2 heterocycles. The van der Waals surface area contributed by atoms with Crippen LogP contribution in [0, 0.1) is 11.3 Å². The number of nitriles is 1. The first-order chi connectivity index (χ1) is 11.0. The van der Waals surface area contributed by atoms with E-state index in [4.69, 9.17) is 33.2 Å². The van der Waals surface area contributed by atoms with E-state index in [-0.39, 0.29) is 18.6 Å². The number of ether oxygens (including phenoxy) is 1. The van der Waals surface area contributed by atoms with Crippen LogP contribution in [0.4, 0.5) is 0 Å². The Labute approximate surface area is 143 Å². The zero-order valence-corrected chi connectivity index (χ0v) is 14.0. The third-order valence-electron chi connectivity index (χ3n) is 3.97. The molecular weight excluding hydrogens is 337 g/mol. The fourth-order valence-corrected chi connectivity index (χ4v) is 3.56. The monoisotopic (exact) mass is 351 g/mol. The molecule has 1 N–H and O–H groups in total. The number of aromatic nitrogens is 1. The average molecular weight is 352 g/mol. The Morgan fingerprint density at radius 3 is 3.00 bits per heavy atom. The molecule has 0 aliphatic carbocycles. The van der Waals surface area contributed by atoms with Gasteiger partial charge < -0.3 is 14.6 Å². The summed E-state index contributed by atoms with van der Waals surface area (Å²) in [7, 11) is 0. The van der Waals surface area contributed by atoms with Gasteiger partial charge in [-0.05, 0) is 18.9 Å². The van der Waals surface area contributed by atoms with Gasteiger partial charge in [0.25, 0.3) is 0 Å². The molecule has 0 saturated carbocycles. The van der Waals surface area contributed by atoms with E-state index in [1.165, 1.54) is 6.92 Å². The van der Waals surface area contributed by atoms with Gasteiger partial charge >= 0.3 is 0 Å². The third-order valence-corrected chi connectivity index (χ3v) is 4.75. The summed E-state index contributed by atoms with van der Waals surface area (Å²) in [5.41, 5.74) is 1.77. The molecule has 1 amide bonds. The molecule has 1 aliphatic rings. The summed E-state index contributed by atoms with van der Waals surface area (Å²) in [6.07, 6.45) is 1.80. The van der Waals surface area contributed by atoms with Gasteiger partial charge in [0, 0.05) is 30.6 Å². The molecule has 23 heavy (non-hydrogen) atoms. The molecule has 1 unspecified atom stereocenters. The maximum atomic E-state index is 11.4. The number of carbonyl (C=O) groups excluding carboxylic acids is 1. The van der Waals surface area contributed by atoms with Crippen molar-refractivity contribution in [3.63, 3.8) is 0 Å². The predicted molar refractivity (Wildman–Crippen MR) is 88.9 cm³/mol. The summed E-state index contributed by atoms with van der Waals surface area (Å²) in [4.78, 5) is 11.4. The molecule has 120 valence electrons. The lowest BCUT2D eigenvalue weighted by Gasteiger charge is -2.26. The predicted octanol–water partition coefficient (Wildman–Crippen LogP) is 3.82. The lowest BCUT2D eigenvalue weighted by atomic mass is 10.0. The van der Waals surface area contributed by atoms with Gasteiger partial charge in [0.1, 0.15) is 11.8 Å². The van der Waals surface area contributed by atoms with E-state index in [9.17, 15) is 4.79 Å². The maximum Gasteiger partial charge on any atom is 0.217 e. The summed E-state index contributed by atoms with van der Waals surface area (Å²) >= 11 is 12.6. The standard InChI is InChI=1S/C16H15Cl2N3O2/c1-9(22)20-12-3-2-5-21-13(12)7-10-14(23-6-4-19)8-11(17)15(18)16(10)21/h7-8,12H,2-3,5-6H2,1H3,(H,20,22). The number of aryl methyl sites for hydroxylation is 1. The molecule has 2 aromatic rings. The summed E-state index contributed by atoms with van der Waals surface area (Å²) in [5.74, 6) is 0.457. The van der Waals surface area contributed by atoms with Crippen LogP contribution < -0.4 is 10.1 Å². The second-order valence-electron chi connectivity index (χ2n) is 5.50. The number of benzene rings is 1. The number of nitrogens with one attached hydrogen (secondary N) is 1. The number of hydrogen-bond acceptors (Lipinski definition) is 3. The van der Waals surface area contributed by atoms with Gasteiger partial charge in [0.15, 0.2) is 6.61 Å². The quantitative estimate of drug-likeness (QED) is 0.913. The van der Waals surface area contributed by atoms with Gasteiger partial charge in [-0.25, -0.2) is 0 Å². The normalized spacial score (nSPS) is 16.7. The van der Waals surface area contributed by atoms with Crippen LogP contribution in [0.3, 0.4) is 0 Å². The molecular formula is C16H15Cl2N3O2. The van der Waals surface area contributed by atoms with E-state index in [0.29, 0.717) is 15.8 Å². The van der Waals surface area contributed by atoms with Crippen LogP contribution in [0.15, 0.2) is 12.1 Å². The molecule has 1 aromatic carbocycles. The molecule has 0 spiro atoms. The van der Waals surface area contributed by atoms with Gasteiger partial charge in [0.2, 0.25) is 5.91 Å². The summed E-state index contributed by atoms with van der Waals surface area (Å²) < 4.78 is 7.57. The van der Waals surface area contributed by atoms with Crippen molar-refractivity contribution in [2.24, 2.45) is 0 Å². The second-order valence-corrected chi connectivity index (χ2v) is 6.28. The van der Waals surface area contributed by atoms with E-state index in [1.54, 1.807) is 6.07 Å². The van der Waals surface area contributed by atoms with Gasteiger partial charge in [0.05, 0.1) is 21.6 Å². The van der Waals surface area contributed by atoms with E-state index in [0.717, 1.165) is 36.0 Å². The van der Waals surface area contributed by atoms with Crippen molar-refractivity contribution in [3.8, 4) is 11.8 Å². The van der Waals surface area contributed by atoms with Crippen LogP contribution in [0.1, 0.15) is 31.5 Å². The third kappa shape index (κ3) is 2.85. The minimum absolute atomic E-state index is 0.0627. The summed E-state index contributed by atoms with van der Waals surface area (Å²) in [6, 6.07) is 5.48. The fourth-order valence-electron chi connectivity index (χ4n) is 3.11. The minimum atomic E-state index is -0.0706. The van der Waals surface area contributed by atoms with Crippen LogP contribution in [-0.2, 0) is 11.3 Å². The molecule has 0 bridgehead atoms. The fraction of sp³-hybridized carbons (Fsp3) is 0.375. The van der Waals surface area contributed by atoms with E-state index < -0.39 is 0 Å². The lowest BCUT2D eigenvalue weighted by molar-refractivity contribution is -0.119. The van der Waals surface area contributed by atoms with Crippen LogP contribution in [0.2, 0.25) is 10.0 Å². The first kappa shape index (κ1) is 16.0. The Kier molecular flexibility index (Phi) is 4.38. The SMILES string of the molecule is CC(=O)NC1CCCn2c1cc1c(OCC#N)cc(Cl)c(Cl)c12. The number of hydrogen-bond donors (Lipinski definition) is 1. The molecule has 5 nitrogen and oxygen atoms in total. The Balaban J connectivity index is 2.19. The molecule has 1 aliphatic heterocycles. The van der Waals surface area contributed by atoms with Crippen molar-refractivity contribution in [3.05, 3.63) is 27.9 Å². The number of halogens is 2. The van der Waals surface area contributed by atoms with Crippen molar-refractivity contribution in [2.45, 2.75) is 32.4 Å². The van der Waals surface area contributed by atoms with Crippen molar-refractivity contribution < 1.29 is 9.53 Å². The first-order valence-electron chi connectivity index (χ1n) is 7.31. The zero-order chi connectivity index (χ0) is 16.6. The van der Waals surface area contributed by atoms with Crippen molar-refractivity contribution in [1.82, 2.24) is 9.88 Å². The highest BCUT2D eigenvalue weighted by molar-refractivity contribution is 6.45. The Hall–Kier alpha value is -1.90. The molecule has 3 rings (SSSR count). The van der Waals surface area contributed by atoms with E-state index >= 15 is 0 Å². The van der Waals surface area contributed by atoms with Crippen LogP contribution in [0.25, 0.3) is 10.9 Å². The van der Waals surface area contributed by atoms with Gasteiger partial charge in [-0.2, -0.15) is 5.26 Å². The second kappa shape index (κ2) is 6.31. The molecule has 0 fully saturated rings. The van der Waals surface area contributed by atoms with Gasteiger partial charge in [-0.15, -0.1) is 0 Å². The number of amides is 1. The zero-order valence-electron chi connectivity index (χ0n) is 12.5. The largest absolute Gasteiger partial charge is 0.478 e. The smallest absolute Gasteiger partial charge is 0.217 e. The Morgan fingerprint density at radius 2 is 2.30 bits per heavy atom. The minimum Gasteiger partial charge on any atom is -0.478 e. The summed E-state index contributed by atoms with van der Waals surface area (Å²) in [5, 5.41) is 13.4.